The monoisotopic (exact) mass is 375 g/mol. The molecule has 2 amide bonds. The third kappa shape index (κ3) is 4.65. The molecule has 7 heteroatoms. The summed E-state index contributed by atoms with van der Waals surface area (Å²) in [5, 5.41) is 6.07. The van der Waals surface area contributed by atoms with Crippen molar-refractivity contribution in [3.8, 4) is 11.5 Å². The summed E-state index contributed by atoms with van der Waals surface area (Å²) in [5.74, 6) is 1.42. The first kappa shape index (κ1) is 18.4. The second-order valence-corrected chi connectivity index (χ2v) is 7.62. The average molecular weight is 375 g/mol. The molecule has 0 bridgehead atoms. The predicted octanol–water partition coefficient (Wildman–Crippen LogP) is 2.53. The van der Waals surface area contributed by atoms with E-state index in [1.54, 1.807) is 0 Å². The van der Waals surface area contributed by atoms with Crippen molar-refractivity contribution in [2.45, 2.75) is 44.8 Å². The number of carbonyl (C=O) groups excluding carboxylic acids is 1. The van der Waals surface area contributed by atoms with E-state index in [0.29, 0.717) is 25.1 Å². The third-order valence-electron chi connectivity index (χ3n) is 5.55. The third-order valence-corrected chi connectivity index (χ3v) is 5.55. The minimum atomic E-state index is -0.160. The largest absolute Gasteiger partial charge is 0.486 e. The van der Waals surface area contributed by atoms with Gasteiger partial charge in [-0.25, -0.2) is 4.79 Å². The fourth-order valence-corrected chi connectivity index (χ4v) is 4.01. The number of carbonyl (C=O) groups is 1. The topological polar surface area (TPSA) is 72.1 Å². The van der Waals surface area contributed by atoms with E-state index in [9.17, 15) is 4.79 Å². The highest BCUT2D eigenvalue weighted by Gasteiger charge is 2.25. The van der Waals surface area contributed by atoms with Crippen LogP contribution >= 0.6 is 0 Å². The Morgan fingerprint density at radius 1 is 1.11 bits per heavy atom. The first-order chi connectivity index (χ1) is 13.2. The number of benzene rings is 1. The van der Waals surface area contributed by atoms with Crippen LogP contribution < -0.4 is 20.1 Å². The van der Waals surface area contributed by atoms with Crippen molar-refractivity contribution >= 4 is 11.7 Å². The summed E-state index contributed by atoms with van der Waals surface area (Å²) in [5.41, 5.74) is 1.72. The zero-order valence-corrected chi connectivity index (χ0v) is 16.0. The van der Waals surface area contributed by atoms with Gasteiger partial charge in [0.05, 0.1) is 6.10 Å². The highest BCUT2D eigenvalue weighted by atomic mass is 16.6. The molecular formula is C20H29N3O4. The summed E-state index contributed by atoms with van der Waals surface area (Å²) in [6.45, 7) is 6.99. The summed E-state index contributed by atoms with van der Waals surface area (Å²) in [6.07, 6.45) is 4.70. The number of likely N-dealkylation sites (tertiary alicyclic amines) is 1. The molecule has 0 saturated carbocycles. The predicted molar refractivity (Wildman–Crippen MR) is 103 cm³/mol. The van der Waals surface area contributed by atoms with Crippen LogP contribution in [-0.2, 0) is 4.74 Å². The minimum Gasteiger partial charge on any atom is -0.486 e. The van der Waals surface area contributed by atoms with E-state index in [0.717, 1.165) is 56.1 Å². The molecule has 1 atom stereocenters. The van der Waals surface area contributed by atoms with Crippen LogP contribution in [0.5, 0.6) is 11.5 Å². The van der Waals surface area contributed by atoms with Crippen LogP contribution in [0.4, 0.5) is 10.5 Å². The van der Waals surface area contributed by atoms with Crippen LogP contribution in [0.2, 0.25) is 0 Å². The molecule has 7 nitrogen and oxygen atoms in total. The first-order valence-electron chi connectivity index (χ1n) is 9.99. The van der Waals surface area contributed by atoms with Gasteiger partial charge in [0.2, 0.25) is 0 Å². The van der Waals surface area contributed by atoms with Crippen LogP contribution in [0.1, 0.15) is 31.2 Å². The molecule has 1 unspecified atom stereocenters. The van der Waals surface area contributed by atoms with E-state index in [-0.39, 0.29) is 12.1 Å². The number of hydrogen-bond acceptors (Lipinski definition) is 5. The number of piperidine rings is 1. The molecule has 0 radical (unpaired) electrons. The number of rotatable bonds is 4. The number of aryl methyl sites for hydroxylation is 1. The van der Waals surface area contributed by atoms with Gasteiger partial charge in [0, 0.05) is 44.0 Å². The Morgan fingerprint density at radius 2 is 1.85 bits per heavy atom. The Kier molecular flexibility index (Phi) is 5.69. The second kappa shape index (κ2) is 8.35. The molecule has 2 fully saturated rings. The lowest BCUT2D eigenvalue weighted by atomic mass is 10.0. The SMILES string of the molecule is Cc1cc2c(cc1NC(=O)NC1CCN(CC3CCCO3)CC1)OCCO2. The summed E-state index contributed by atoms with van der Waals surface area (Å²) in [6, 6.07) is 3.80. The zero-order chi connectivity index (χ0) is 18.6. The van der Waals surface area contributed by atoms with Crippen molar-refractivity contribution < 1.29 is 19.0 Å². The summed E-state index contributed by atoms with van der Waals surface area (Å²) in [4.78, 5) is 14.9. The van der Waals surface area contributed by atoms with E-state index < -0.39 is 0 Å². The van der Waals surface area contributed by atoms with Crippen molar-refractivity contribution in [3.63, 3.8) is 0 Å². The fraction of sp³-hybridized carbons (Fsp3) is 0.650. The molecule has 0 aromatic heterocycles. The van der Waals surface area contributed by atoms with E-state index in [1.165, 1.54) is 12.8 Å². The number of ether oxygens (including phenoxy) is 3. The van der Waals surface area contributed by atoms with Gasteiger partial charge >= 0.3 is 6.03 Å². The number of nitrogens with one attached hydrogen (secondary N) is 2. The van der Waals surface area contributed by atoms with E-state index >= 15 is 0 Å². The van der Waals surface area contributed by atoms with Crippen LogP contribution in [0, 0.1) is 6.92 Å². The van der Waals surface area contributed by atoms with Crippen molar-refractivity contribution in [1.29, 1.82) is 0 Å². The quantitative estimate of drug-likeness (QED) is 0.846. The van der Waals surface area contributed by atoms with Gasteiger partial charge in [0.1, 0.15) is 13.2 Å². The normalized spacial score (nSPS) is 23.2. The Labute approximate surface area is 160 Å². The highest BCUT2D eigenvalue weighted by Crippen LogP contribution is 2.35. The van der Waals surface area contributed by atoms with Gasteiger partial charge < -0.3 is 29.7 Å². The number of nitrogens with zero attached hydrogens (tertiary/aromatic N) is 1. The van der Waals surface area contributed by atoms with Gasteiger partial charge in [-0.3, -0.25) is 0 Å². The number of hydrogen-bond donors (Lipinski definition) is 2. The van der Waals surface area contributed by atoms with E-state index in [1.807, 2.05) is 19.1 Å². The van der Waals surface area contributed by atoms with E-state index in [2.05, 4.69) is 15.5 Å². The number of fused-ring (bicyclic) bond motifs is 1. The minimum absolute atomic E-state index is 0.160. The standard InChI is InChI=1S/C20H29N3O4/c1-14-11-18-19(27-10-9-26-18)12-17(14)22-20(24)21-15-4-6-23(7-5-15)13-16-3-2-8-25-16/h11-12,15-16H,2-10,13H2,1H3,(H2,21,22,24). The van der Waals surface area contributed by atoms with Gasteiger partial charge in [-0.1, -0.05) is 0 Å². The van der Waals surface area contributed by atoms with Crippen LogP contribution in [0.3, 0.4) is 0 Å². The van der Waals surface area contributed by atoms with Gasteiger partial charge in [0.25, 0.3) is 0 Å². The average Bonchev–Trinajstić information content (AvgIpc) is 3.17. The van der Waals surface area contributed by atoms with Crippen LogP contribution in [-0.4, -0.2) is 62.5 Å². The van der Waals surface area contributed by atoms with Gasteiger partial charge in [-0.05, 0) is 44.2 Å². The molecule has 0 aliphatic carbocycles. The molecule has 3 aliphatic heterocycles. The Bertz CT molecular complexity index is 667. The van der Waals surface area contributed by atoms with Crippen molar-refractivity contribution in [3.05, 3.63) is 17.7 Å². The molecule has 0 spiro atoms. The zero-order valence-electron chi connectivity index (χ0n) is 16.0. The molecule has 3 aliphatic rings. The lowest BCUT2D eigenvalue weighted by Crippen LogP contribution is -2.47. The Balaban J connectivity index is 1.25. The molecule has 1 aromatic rings. The first-order valence-corrected chi connectivity index (χ1v) is 9.99. The molecule has 27 heavy (non-hydrogen) atoms. The van der Waals surface area contributed by atoms with Gasteiger partial charge in [0.15, 0.2) is 11.5 Å². The fourth-order valence-electron chi connectivity index (χ4n) is 4.01. The van der Waals surface area contributed by atoms with Crippen molar-refractivity contribution in [1.82, 2.24) is 10.2 Å². The number of amides is 2. The molecular weight excluding hydrogens is 346 g/mol. The molecule has 4 rings (SSSR count). The molecule has 3 heterocycles. The molecule has 2 saturated heterocycles. The molecule has 2 N–H and O–H groups in total. The maximum atomic E-state index is 12.4. The lowest BCUT2D eigenvalue weighted by molar-refractivity contribution is 0.0633. The van der Waals surface area contributed by atoms with Crippen molar-refractivity contribution in [2.75, 3.05) is 44.8 Å². The maximum Gasteiger partial charge on any atom is 0.319 e. The van der Waals surface area contributed by atoms with Gasteiger partial charge in [-0.15, -0.1) is 0 Å². The molecule has 148 valence electrons. The highest BCUT2D eigenvalue weighted by molar-refractivity contribution is 5.90. The maximum absolute atomic E-state index is 12.4. The van der Waals surface area contributed by atoms with Gasteiger partial charge in [-0.2, -0.15) is 0 Å². The summed E-state index contributed by atoms with van der Waals surface area (Å²) < 4.78 is 16.9. The van der Waals surface area contributed by atoms with E-state index in [4.69, 9.17) is 14.2 Å². The second-order valence-electron chi connectivity index (χ2n) is 7.62. The smallest absolute Gasteiger partial charge is 0.319 e. The summed E-state index contributed by atoms with van der Waals surface area (Å²) in [7, 11) is 0. The Hall–Kier alpha value is -1.99. The van der Waals surface area contributed by atoms with Crippen LogP contribution in [0.25, 0.3) is 0 Å². The summed E-state index contributed by atoms with van der Waals surface area (Å²) >= 11 is 0. The lowest BCUT2D eigenvalue weighted by Gasteiger charge is -2.33. The number of urea groups is 1. The van der Waals surface area contributed by atoms with Crippen LogP contribution in [0.15, 0.2) is 12.1 Å². The molecule has 1 aromatic carbocycles. The van der Waals surface area contributed by atoms with Crippen molar-refractivity contribution in [2.24, 2.45) is 0 Å². The Morgan fingerprint density at radius 3 is 2.56 bits per heavy atom. The number of anilines is 1.